The van der Waals surface area contributed by atoms with Crippen LogP contribution in [-0.4, -0.2) is 25.2 Å². The fourth-order valence-corrected chi connectivity index (χ4v) is 2.77. The molecule has 0 amide bonds. The predicted octanol–water partition coefficient (Wildman–Crippen LogP) is 2.54. The van der Waals surface area contributed by atoms with Gasteiger partial charge in [-0.2, -0.15) is 0 Å². The first-order valence-corrected chi connectivity index (χ1v) is 6.38. The van der Waals surface area contributed by atoms with Gasteiger partial charge in [-0.05, 0) is 31.7 Å². The predicted molar refractivity (Wildman–Crippen MR) is 67.2 cm³/mol. The highest BCUT2D eigenvalue weighted by Gasteiger charge is 2.31. The minimum absolute atomic E-state index is 0.501. The lowest BCUT2D eigenvalue weighted by atomic mass is 9.83. The Morgan fingerprint density at radius 3 is 2.40 bits per heavy atom. The quantitative estimate of drug-likeness (QED) is 0.703. The second kappa shape index (κ2) is 5.31. The Balaban J connectivity index is 2.62. The molecule has 1 saturated carbocycles. The van der Waals surface area contributed by atoms with E-state index in [1.807, 2.05) is 0 Å². The third-order valence-corrected chi connectivity index (χ3v) is 3.55. The summed E-state index contributed by atoms with van der Waals surface area (Å²) >= 11 is 0. The first-order chi connectivity index (χ1) is 6.94. The van der Waals surface area contributed by atoms with Gasteiger partial charge < -0.3 is 10.6 Å². The van der Waals surface area contributed by atoms with Crippen molar-refractivity contribution in [1.29, 1.82) is 0 Å². The second-order valence-corrected chi connectivity index (χ2v) is 6.08. The number of likely N-dealkylation sites (N-methyl/N-ethyl adjacent to an activating group) is 1. The van der Waals surface area contributed by atoms with E-state index in [2.05, 4.69) is 45.4 Å². The van der Waals surface area contributed by atoms with Gasteiger partial charge in [0.05, 0.1) is 0 Å². The topological polar surface area (TPSA) is 24.1 Å². The van der Waals surface area contributed by atoms with Crippen molar-refractivity contribution in [3.05, 3.63) is 0 Å². The Kier molecular flexibility index (Phi) is 4.60. The van der Waals surface area contributed by atoms with Crippen LogP contribution in [0.5, 0.6) is 0 Å². The summed E-state index contributed by atoms with van der Waals surface area (Å²) < 4.78 is 0. The van der Waals surface area contributed by atoms with Gasteiger partial charge in [0.15, 0.2) is 0 Å². The Morgan fingerprint density at radius 2 is 1.87 bits per heavy atom. The van der Waals surface area contributed by atoms with Crippen molar-refractivity contribution in [2.45, 2.75) is 71.5 Å². The van der Waals surface area contributed by atoms with Gasteiger partial charge >= 0.3 is 0 Å². The molecule has 1 rings (SSSR count). The van der Waals surface area contributed by atoms with E-state index in [1.165, 1.54) is 25.7 Å². The first-order valence-electron chi connectivity index (χ1n) is 6.38. The minimum Gasteiger partial charge on any atom is -0.315 e. The maximum atomic E-state index is 3.70. The van der Waals surface area contributed by atoms with Crippen molar-refractivity contribution in [3.63, 3.8) is 0 Å². The zero-order valence-electron chi connectivity index (χ0n) is 11.1. The third-order valence-electron chi connectivity index (χ3n) is 3.55. The van der Waals surface area contributed by atoms with Crippen LogP contribution in [-0.2, 0) is 0 Å². The molecule has 0 heterocycles. The van der Waals surface area contributed by atoms with Gasteiger partial charge in [0, 0.05) is 18.1 Å². The van der Waals surface area contributed by atoms with E-state index in [4.69, 9.17) is 0 Å². The van der Waals surface area contributed by atoms with Crippen LogP contribution in [0.3, 0.4) is 0 Å². The molecule has 1 aliphatic rings. The lowest BCUT2D eigenvalue weighted by molar-refractivity contribution is 0.264. The van der Waals surface area contributed by atoms with Crippen molar-refractivity contribution in [3.8, 4) is 0 Å². The smallest absolute Gasteiger partial charge is 0.0223 e. The van der Waals surface area contributed by atoms with Gasteiger partial charge in [0.1, 0.15) is 0 Å². The highest BCUT2D eigenvalue weighted by atomic mass is 15.0. The molecule has 0 bridgehead atoms. The molecule has 0 aromatic heterocycles. The van der Waals surface area contributed by atoms with Crippen LogP contribution >= 0.6 is 0 Å². The van der Waals surface area contributed by atoms with Crippen molar-refractivity contribution >= 4 is 0 Å². The zero-order chi connectivity index (χ0) is 11.5. The molecule has 2 N–H and O–H groups in total. The van der Waals surface area contributed by atoms with E-state index >= 15 is 0 Å². The summed E-state index contributed by atoms with van der Waals surface area (Å²) in [4.78, 5) is 0. The van der Waals surface area contributed by atoms with Crippen LogP contribution in [0.2, 0.25) is 0 Å². The van der Waals surface area contributed by atoms with E-state index in [0.717, 1.165) is 0 Å². The lowest BCUT2D eigenvalue weighted by Gasteiger charge is -2.31. The minimum atomic E-state index is 0.501. The van der Waals surface area contributed by atoms with E-state index in [0.29, 0.717) is 23.5 Å². The van der Waals surface area contributed by atoms with Gasteiger partial charge in [-0.1, -0.05) is 34.1 Å². The fourth-order valence-electron chi connectivity index (χ4n) is 2.77. The maximum absolute atomic E-state index is 3.70. The Bertz CT molecular complexity index is 187. The molecule has 90 valence electrons. The SMILES string of the molecule is CNC1CC(C)(C)CCCC1NC(C)C. The molecule has 0 spiro atoms. The first kappa shape index (κ1) is 13.0. The van der Waals surface area contributed by atoms with Gasteiger partial charge in [0.25, 0.3) is 0 Å². The molecule has 1 fully saturated rings. The van der Waals surface area contributed by atoms with Crippen molar-refractivity contribution < 1.29 is 0 Å². The van der Waals surface area contributed by atoms with Crippen molar-refractivity contribution in [2.75, 3.05) is 7.05 Å². The number of hydrogen-bond donors (Lipinski definition) is 2. The fraction of sp³-hybridized carbons (Fsp3) is 1.00. The van der Waals surface area contributed by atoms with Crippen LogP contribution in [0, 0.1) is 5.41 Å². The summed E-state index contributed by atoms with van der Waals surface area (Å²) in [6.45, 7) is 9.27. The largest absolute Gasteiger partial charge is 0.315 e. The molecule has 0 saturated heterocycles. The number of nitrogens with one attached hydrogen (secondary N) is 2. The van der Waals surface area contributed by atoms with Crippen LogP contribution in [0.1, 0.15) is 53.4 Å². The standard InChI is InChI=1S/C13H28N2/c1-10(2)15-11-7-6-8-13(3,4)9-12(11)14-5/h10-12,14-15H,6-9H2,1-5H3. The summed E-state index contributed by atoms with van der Waals surface area (Å²) in [5.41, 5.74) is 0.501. The van der Waals surface area contributed by atoms with E-state index < -0.39 is 0 Å². The zero-order valence-corrected chi connectivity index (χ0v) is 11.1. The summed E-state index contributed by atoms with van der Waals surface area (Å²) in [5, 5.41) is 7.19. The van der Waals surface area contributed by atoms with E-state index in [9.17, 15) is 0 Å². The van der Waals surface area contributed by atoms with Crippen LogP contribution in [0.15, 0.2) is 0 Å². The normalized spacial score (nSPS) is 31.6. The maximum Gasteiger partial charge on any atom is 0.0223 e. The lowest BCUT2D eigenvalue weighted by Crippen LogP contribution is -2.49. The van der Waals surface area contributed by atoms with Gasteiger partial charge in [-0.3, -0.25) is 0 Å². The summed E-state index contributed by atoms with van der Waals surface area (Å²) in [6.07, 6.45) is 5.32. The third kappa shape index (κ3) is 4.12. The molecular formula is C13H28N2. The summed E-state index contributed by atoms with van der Waals surface area (Å²) in [6, 6.07) is 1.87. The average molecular weight is 212 g/mol. The van der Waals surface area contributed by atoms with E-state index in [1.54, 1.807) is 0 Å². The number of rotatable bonds is 3. The molecule has 2 unspecified atom stereocenters. The molecule has 2 heteroatoms. The molecule has 0 radical (unpaired) electrons. The summed E-state index contributed by atoms with van der Waals surface area (Å²) in [7, 11) is 2.10. The molecule has 1 aliphatic carbocycles. The number of hydrogen-bond acceptors (Lipinski definition) is 2. The second-order valence-electron chi connectivity index (χ2n) is 6.08. The molecule has 15 heavy (non-hydrogen) atoms. The van der Waals surface area contributed by atoms with E-state index in [-0.39, 0.29) is 0 Å². The van der Waals surface area contributed by atoms with Crippen LogP contribution in [0.4, 0.5) is 0 Å². The Hall–Kier alpha value is -0.0800. The molecule has 2 nitrogen and oxygen atoms in total. The molecule has 0 aliphatic heterocycles. The Morgan fingerprint density at radius 1 is 1.20 bits per heavy atom. The van der Waals surface area contributed by atoms with Crippen LogP contribution in [0.25, 0.3) is 0 Å². The monoisotopic (exact) mass is 212 g/mol. The highest BCUT2D eigenvalue weighted by Crippen LogP contribution is 2.34. The van der Waals surface area contributed by atoms with Crippen molar-refractivity contribution in [1.82, 2.24) is 10.6 Å². The average Bonchev–Trinajstić information content (AvgIpc) is 2.24. The van der Waals surface area contributed by atoms with Gasteiger partial charge in [-0.15, -0.1) is 0 Å². The van der Waals surface area contributed by atoms with Gasteiger partial charge in [-0.25, -0.2) is 0 Å². The van der Waals surface area contributed by atoms with Crippen molar-refractivity contribution in [2.24, 2.45) is 5.41 Å². The molecular weight excluding hydrogens is 184 g/mol. The summed E-state index contributed by atoms with van der Waals surface area (Å²) in [5.74, 6) is 0. The molecule has 0 aromatic carbocycles. The molecule has 0 aromatic rings. The Labute approximate surface area is 95.2 Å². The van der Waals surface area contributed by atoms with Gasteiger partial charge in [0.2, 0.25) is 0 Å². The van der Waals surface area contributed by atoms with Crippen LogP contribution < -0.4 is 10.6 Å². The molecule has 2 atom stereocenters. The highest BCUT2D eigenvalue weighted by molar-refractivity contribution is 4.90.